The zero-order chi connectivity index (χ0) is 11.8. The molecule has 3 aromatic rings. The van der Waals surface area contributed by atoms with Crippen molar-refractivity contribution in [2.45, 2.75) is 0 Å². The van der Waals surface area contributed by atoms with Gasteiger partial charge in [-0.25, -0.2) is 14.5 Å². The fraction of sp³-hybridized carbons (Fsp3) is 0. The van der Waals surface area contributed by atoms with Gasteiger partial charge in [-0.15, -0.1) is 11.3 Å². The molecule has 7 heteroatoms. The summed E-state index contributed by atoms with van der Waals surface area (Å²) in [5.74, 6) is 0. The second-order valence-electron chi connectivity index (χ2n) is 3.33. The van der Waals surface area contributed by atoms with Crippen LogP contribution in [0.1, 0.15) is 0 Å². The van der Waals surface area contributed by atoms with Gasteiger partial charge in [0, 0.05) is 0 Å². The van der Waals surface area contributed by atoms with Crippen LogP contribution in [0.15, 0.2) is 35.0 Å². The summed E-state index contributed by atoms with van der Waals surface area (Å²) < 4.78 is 2.38. The Balaban J connectivity index is 2.45. The van der Waals surface area contributed by atoms with Crippen molar-refractivity contribution in [1.82, 2.24) is 19.5 Å². The van der Waals surface area contributed by atoms with Gasteiger partial charge in [0.25, 0.3) is 5.56 Å². The molecule has 0 saturated heterocycles. The van der Waals surface area contributed by atoms with Gasteiger partial charge in [-0.3, -0.25) is 4.79 Å². The topological polar surface area (TPSA) is 63.6 Å². The van der Waals surface area contributed by atoms with Crippen LogP contribution >= 0.6 is 23.6 Å². The van der Waals surface area contributed by atoms with E-state index >= 15 is 0 Å². The molecular formula is C10H6N4OS2. The van der Waals surface area contributed by atoms with E-state index in [0.717, 1.165) is 5.52 Å². The molecule has 84 valence electrons. The third-order valence-corrected chi connectivity index (χ3v) is 3.50. The van der Waals surface area contributed by atoms with E-state index < -0.39 is 0 Å². The van der Waals surface area contributed by atoms with Crippen LogP contribution in [-0.2, 0) is 0 Å². The number of fused-ring (bicyclic) bond motifs is 1. The normalized spacial score (nSPS) is 10.8. The first-order valence-electron chi connectivity index (χ1n) is 4.75. The quantitative estimate of drug-likeness (QED) is 0.680. The van der Waals surface area contributed by atoms with E-state index in [2.05, 4.69) is 15.0 Å². The molecule has 0 radical (unpaired) electrons. The Morgan fingerprint density at radius 1 is 1.35 bits per heavy atom. The molecule has 17 heavy (non-hydrogen) atoms. The van der Waals surface area contributed by atoms with E-state index in [1.165, 1.54) is 22.2 Å². The monoisotopic (exact) mass is 262 g/mol. The third kappa shape index (κ3) is 1.60. The summed E-state index contributed by atoms with van der Waals surface area (Å²) in [6.07, 6.45) is 4.51. The van der Waals surface area contributed by atoms with E-state index in [1.54, 1.807) is 12.4 Å². The van der Waals surface area contributed by atoms with Gasteiger partial charge in [0.05, 0.1) is 23.6 Å². The molecule has 0 aliphatic rings. The number of thiophene rings is 1. The maximum Gasteiger partial charge on any atom is 0.276 e. The van der Waals surface area contributed by atoms with Gasteiger partial charge >= 0.3 is 0 Å². The van der Waals surface area contributed by atoms with Crippen LogP contribution in [-0.4, -0.2) is 19.5 Å². The molecule has 0 fully saturated rings. The standard InChI is InChI=1S/C10H6N4OS2/c15-9-8-7(1-2-17-8)13-10(16)14(9)6-3-11-5-12-4-6/h1-5H,(H,13,16). The third-order valence-electron chi connectivity index (χ3n) is 2.31. The molecule has 0 aliphatic heterocycles. The number of nitrogens with one attached hydrogen (secondary N) is 1. The predicted molar refractivity (Wildman–Crippen MR) is 68.2 cm³/mol. The fourth-order valence-corrected chi connectivity index (χ4v) is 2.66. The van der Waals surface area contributed by atoms with Gasteiger partial charge in [0.1, 0.15) is 11.0 Å². The second kappa shape index (κ2) is 3.86. The van der Waals surface area contributed by atoms with E-state index in [0.29, 0.717) is 15.2 Å². The van der Waals surface area contributed by atoms with Gasteiger partial charge in [-0.1, -0.05) is 0 Å². The smallest absolute Gasteiger partial charge is 0.276 e. The molecule has 0 saturated carbocycles. The Morgan fingerprint density at radius 3 is 2.88 bits per heavy atom. The summed E-state index contributed by atoms with van der Waals surface area (Å²) in [4.78, 5) is 23.0. The van der Waals surface area contributed by atoms with Gasteiger partial charge < -0.3 is 4.98 Å². The highest BCUT2D eigenvalue weighted by atomic mass is 32.1. The number of aromatic amines is 1. The van der Waals surface area contributed by atoms with E-state index in [4.69, 9.17) is 12.2 Å². The van der Waals surface area contributed by atoms with Crippen molar-refractivity contribution in [2.24, 2.45) is 0 Å². The molecule has 5 nitrogen and oxygen atoms in total. The Morgan fingerprint density at radius 2 is 2.12 bits per heavy atom. The Labute approximate surface area is 104 Å². The highest BCUT2D eigenvalue weighted by Crippen LogP contribution is 2.15. The number of hydrogen-bond donors (Lipinski definition) is 1. The molecule has 0 aliphatic carbocycles. The number of nitrogens with zero attached hydrogens (tertiary/aromatic N) is 3. The van der Waals surface area contributed by atoms with Crippen molar-refractivity contribution in [3.8, 4) is 5.69 Å². The summed E-state index contributed by atoms with van der Waals surface area (Å²) in [5.41, 5.74) is 1.18. The molecule has 0 aromatic carbocycles. The largest absolute Gasteiger partial charge is 0.331 e. The average molecular weight is 262 g/mol. The zero-order valence-corrected chi connectivity index (χ0v) is 10.1. The van der Waals surface area contributed by atoms with E-state index in [9.17, 15) is 4.79 Å². The zero-order valence-electron chi connectivity index (χ0n) is 8.45. The number of H-pyrrole nitrogens is 1. The number of hydrogen-bond acceptors (Lipinski definition) is 5. The molecule has 3 rings (SSSR count). The highest BCUT2D eigenvalue weighted by Gasteiger charge is 2.08. The van der Waals surface area contributed by atoms with Crippen LogP contribution in [0, 0.1) is 4.77 Å². The molecule has 0 bridgehead atoms. The van der Waals surface area contributed by atoms with Crippen LogP contribution in [0.4, 0.5) is 0 Å². The van der Waals surface area contributed by atoms with Crippen molar-refractivity contribution in [1.29, 1.82) is 0 Å². The van der Waals surface area contributed by atoms with Crippen LogP contribution < -0.4 is 5.56 Å². The van der Waals surface area contributed by atoms with Crippen LogP contribution in [0.3, 0.4) is 0 Å². The number of rotatable bonds is 1. The Bertz CT molecular complexity index is 787. The van der Waals surface area contributed by atoms with Gasteiger partial charge in [0.2, 0.25) is 0 Å². The van der Waals surface area contributed by atoms with Crippen LogP contribution in [0.2, 0.25) is 0 Å². The van der Waals surface area contributed by atoms with Crippen molar-refractivity contribution in [3.05, 3.63) is 45.3 Å². The van der Waals surface area contributed by atoms with Gasteiger partial charge in [-0.2, -0.15) is 0 Å². The SMILES string of the molecule is O=c1c2sccc2[nH]c(=S)n1-c1cncnc1. The summed E-state index contributed by atoms with van der Waals surface area (Å²) in [5, 5.41) is 1.85. The maximum absolute atomic E-state index is 12.2. The van der Waals surface area contributed by atoms with Gasteiger partial charge in [0.15, 0.2) is 4.77 Å². The lowest BCUT2D eigenvalue weighted by molar-refractivity contribution is 0.920. The first-order chi connectivity index (χ1) is 8.27. The average Bonchev–Trinajstić information content (AvgIpc) is 2.78. The van der Waals surface area contributed by atoms with Crippen molar-refractivity contribution >= 4 is 33.8 Å². The second-order valence-corrected chi connectivity index (χ2v) is 4.63. The first kappa shape index (κ1) is 10.3. The predicted octanol–water partition coefficient (Wildman–Crippen LogP) is 1.90. The lowest BCUT2D eigenvalue weighted by atomic mass is 10.4. The fourth-order valence-electron chi connectivity index (χ4n) is 1.58. The van der Waals surface area contributed by atoms with Crippen molar-refractivity contribution < 1.29 is 0 Å². The van der Waals surface area contributed by atoms with Crippen molar-refractivity contribution in [3.63, 3.8) is 0 Å². The minimum atomic E-state index is -0.145. The molecule has 3 aromatic heterocycles. The molecule has 0 unspecified atom stereocenters. The Kier molecular flexibility index (Phi) is 2.34. The molecule has 0 amide bonds. The molecular weight excluding hydrogens is 256 g/mol. The number of aromatic nitrogens is 4. The lowest BCUT2D eigenvalue weighted by Gasteiger charge is -2.04. The van der Waals surface area contributed by atoms with E-state index in [1.807, 2.05) is 11.4 Å². The summed E-state index contributed by atoms with van der Waals surface area (Å²) in [7, 11) is 0. The maximum atomic E-state index is 12.2. The summed E-state index contributed by atoms with van der Waals surface area (Å²) in [6.45, 7) is 0. The first-order valence-corrected chi connectivity index (χ1v) is 6.04. The summed E-state index contributed by atoms with van der Waals surface area (Å²) in [6, 6.07) is 1.84. The van der Waals surface area contributed by atoms with Crippen LogP contribution in [0.5, 0.6) is 0 Å². The van der Waals surface area contributed by atoms with E-state index in [-0.39, 0.29) is 5.56 Å². The molecule has 3 heterocycles. The van der Waals surface area contributed by atoms with Crippen LogP contribution in [0.25, 0.3) is 15.9 Å². The molecule has 1 N–H and O–H groups in total. The van der Waals surface area contributed by atoms with Gasteiger partial charge in [-0.05, 0) is 23.7 Å². The molecule has 0 atom stereocenters. The highest BCUT2D eigenvalue weighted by molar-refractivity contribution is 7.71. The molecule has 0 spiro atoms. The minimum absolute atomic E-state index is 0.145. The van der Waals surface area contributed by atoms with Crippen molar-refractivity contribution in [2.75, 3.05) is 0 Å². The lowest BCUT2D eigenvalue weighted by Crippen LogP contribution is -2.19. The Hall–Kier alpha value is -1.86. The summed E-state index contributed by atoms with van der Waals surface area (Å²) >= 11 is 6.55. The minimum Gasteiger partial charge on any atom is -0.331 e.